The minimum absolute atomic E-state index is 0.00864. The van der Waals surface area contributed by atoms with Crippen LogP contribution in [0.1, 0.15) is 89.5 Å². The highest BCUT2D eigenvalue weighted by Gasteiger charge is 2.16. The highest BCUT2D eigenvalue weighted by Crippen LogP contribution is 2.33. The van der Waals surface area contributed by atoms with Gasteiger partial charge in [0.1, 0.15) is 12.4 Å². The van der Waals surface area contributed by atoms with Gasteiger partial charge in [-0.2, -0.15) is 0 Å². The molecule has 0 radical (unpaired) electrons. The van der Waals surface area contributed by atoms with Crippen molar-refractivity contribution in [3.05, 3.63) is 29.8 Å². The highest BCUT2D eigenvalue weighted by molar-refractivity contribution is 7.40. The molecule has 0 spiro atoms. The monoisotopic (exact) mass is 542 g/mol. The number of quaternary nitrogens is 1. The van der Waals surface area contributed by atoms with E-state index in [0.717, 1.165) is 29.6 Å². The first kappa shape index (κ1) is 33.8. The Balaban J connectivity index is 2.22. The number of carbonyl (C=O) groups is 1. The molecular weight excluding hydrogens is 489 g/mol. The molecule has 8 heteroatoms. The summed E-state index contributed by atoms with van der Waals surface area (Å²) in [5, 5.41) is 0. The summed E-state index contributed by atoms with van der Waals surface area (Å²) in [6.07, 6.45) is 16.0. The van der Waals surface area contributed by atoms with Gasteiger partial charge in [-0.15, -0.1) is 0 Å². The number of aryl methyl sites for hydroxylation is 1. The van der Waals surface area contributed by atoms with E-state index in [4.69, 9.17) is 18.5 Å². The Morgan fingerprint density at radius 2 is 1.54 bits per heavy atom. The molecule has 1 rings (SSSR count). The molecule has 0 aliphatic carbocycles. The minimum Gasteiger partial charge on any atom is -0.490 e. The van der Waals surface area contributed by atoms with Crippen LogP contribution in [-0.2, 0) is 25.0 Å². The molecule has 0 aromatic heterocycles. The average molecular weight is 543 g/mol. The van der Waals surface area contributed by atoms with Crippen LogP contribution in [0.3, 0.4) is 0 Å². The molecule has 214 valence electrons. The molecule has 1 aromatic rings. The molecule has 0 amide bonds. The number of benzene rings is 1. The van der Waals surface area contributed by atoms with Crippen LogP contribution in [0.5, 0.6) is 5.75 Å². The third kappa shape index (κ3) is 20.4. The van der Waals surface area contributed by atoms with Gasteiger partial charge in [-0.3, -0.25) is 4.79 Å². The van der Waals surface area contributed by atoms with Crippen LogP contribution >= 0.6 is 8.60 Å². The van der Waals surface area contributed by atoms with Gasteiger partial charge < -0.3 is 27.9 Å². The number of hydrogen-bond acceptors (Lipinski definition) is 6. The number of hydrogen-bond donors (Lipinski definition) is 1. The van der Waals surface area contributed by atoms with Gasteiger partial charge in [-0.05, 0) is 30.5 Å². The lowest BCUT2D eigenvalue weighted by Gasteiger charge is -2.23. The van der Waals surface area contributed by atoms with E-state index in [1.165, 1.54) is 76.2 Å². The van der Waals surface area contributed by atoms with Crippen LogP contribution in [0.15, 0.2) is 24.3 Å². The Morgan fingerprint density at radius 3 is 2.16 bits per heavy atom. The summed E-state index contributed by atoms with van der Waals surface area (Å²) in [6.45, 7) is 4.15. The largest absolute Gasteiger partial charge is 0.490 e. The summed E-state index contributed by atoms with van der Waals surface area (Å²) in [7, 11) is 4.30. The van der Waals surface area contributed by atoms with E-state index < -0.39 is 14.7 Å². The number of carbonyl (C=O) groups excluding carboxylic acids is 1. The molecule has 2 unspecified atom stereocenters. The molecule has 2 atom stereocenters. The van der Waals surface area contributed by atoms with Gasteiger partial charge >= 0.3 is 8.60 Å². The predicted molar refractivity (Wildman–Crippen MR) is 152 cm³/mol. The molecule has 7 nitrogen and oxygen atoms in total. The number of nitrogens with zero attached hydrogens (tertiary/aromatic N) is 1. The molecule has 1 N–H and O–H groups in total. The van der Waals surface area contributed by atoms with Gasteiger partial charge in [0, 0.05) is 6.42 Å². The fraction of sp³-hybridized carbons (Fsp3) is 0.759. The fourth-order valence-corrected chi connectivity index (χ4v) is 4.70. The Labute approximate surface area is 227 Å². The Bertz CT molecular complexity index is 685. The third-order valence-electron chi connectivity index (χ3n) is 6.20. The van der Waals surface area contributed by atoms with Gasteiger partial charge in [0.2, 0.25) is 0 Å². The lowest BCUT2D eigenvalue weighted by Crippen LogP contribution is -2.35. The van der Waals surface area contributed by atoms with E-state index in [1.54, 1.807) is 0 Å². The molecule has 0 heterocycles. The minimum atomic E-state index is -2.02. The first-order valence-corrected chi connectivity index (χ1v) is 15.3. The van der Waals surface area contributed by atoms with Crippen molar-refractivity contribution in [3.8, 4) is 5.75 Å². The maximum absolute atomic E-state index is 10.9. The maximum Gasteiger partial charge on any atom is 0.329 e. The van der Waals surface area contributed by atoms with Crippen molar-refractivity contribution in [1.82, 2.24) is 0 Å². The molecule has 0 fully saturated rings. The molecule has 0 aliphatic rings. The van der Waals surface area contributed by atoms with Crippen molar-refractivity contribution >= 4 is 15.1 Å². The maximum atomic E-state index is 10.9. The van der Waals surface area contributed by atoms with E-state index in [0.29, 0.717) is 13.1 Å². The summed E-state index contributed by atoms with van der Waals surface area (Å²) in [5.74, 6) is 0.739. The van der Waals surface area contributed by atoms with E-state index in [1.807, 2.05) is 18.2 Å². The van der Waals surface area contributed by atoms with Crippen molar-refractivity contribution in [2.75, 3.05) is 47.5 Å². The standard InChI is InChI=1S/C29H53NO6P/c1-5-6-7-8-9-10-11-12-13-14-15-18-27-19-16-20-28(23-27)33-24-29(34-26-31)25-36-37(32)35-22-17-21-30(2,3)4/h16,19-20,23,26,29,32H,5-15,17-18,21-22,24-25H2,1-4H3/q+1. The normalized spacial score (nSPS) is 13.3. The van der Waals surface area contributed by atoms with Crippen LogP contribution in [0, 0.1) is 0 Å². The number of rotatable bonds is 25. The zero-order chi connectivity index (χ0) is 27.2. The number of ether oxygens (including phenoxy) is 2. The molecule has 1 aromatic carbocycles. The molecule has 0 saturated carbocycles. The SMILES string of the molecule is CCCCCCCCCCCCCc1cccc(OCC(COP(O)OCCC[N+](C)(C)C)OC=O)c1. The van der Waals surface area contributed by atoms with Crippen molar-refractivity contribution < 1.29 is 32.7 Å². The first-order chi connectivity index (χ1) is 17.8. The summed E-state index contributed by atoms with van der Waals surface area (Å²) in [4.78, 5) is 20.8. The topological polar surface area (TPSA) is 74.2 Å². The Morgan fingerprint density at radius 1 is 0.892 bits per heavy atom. The van der Waals surface area contributed by atoms with E-state index in [2.05, 4.69) is 34.1 Å². The van der Waals surface area contributed by atoms with Gasteiger partial charge in [0.25, 0.3) is 6.47 Å². The second-order valence-electron chi connectivity index (χ2n) is 10.8. The summed E-state index contributed by atoms with van der Waals surface area (Å²) < 4.78 is 22.5. The summed E-state index contributed by atoms with van der Waals surface area (Å²) >= 11 is 0. The van der Waals surface area contributed by atoms with Gasteiger partial charge in [-0.1, -0.05) is 83.3 Å². The first-order valence-electron chi connectivity index (χ1n) is 14.2. The zero-order valence-electron chi connectivity index (χ0n) is 23.9. The molecular formula is C29H53NO6P+. The summed E-state index contributed by atoms with van der Waals surface area (Å²) in [5.41, 5.74) is 1.25. The van der Waals surface area contributed by atoms with Crippen molar-refractivity contribution in [1.29, 1.82) is 0 Å². The molecule has 0 saturated heterocycles. The summed E-state index contributed by atoms with van der Waals surface area (Å²) in [6, 6.07) is 8.07. The van der Waals surface area contributed by atoms with Gasteiger partial charge in [0.05, 0.1) is 40.9 Å². The molecule has 0 bridgehead atoms. The second kappa shape index (κ2) is 21.7. The van der Waals surface area contributed by atoms with Crippen LogP contribution < -0.4 is 4.74 Å². The predicted octanol–water partition coefficient (Wildman–Crippen LogP) is 6.81. The molecule has 37 heavy (non-hydrogen) atoms. The van der Waals surface area contributed by atoms with Gasteiger partial charge in [0.15, 0.2) is 6.10 Å². The van der Waals surface area contributed by atoms with Crippen LogP contribution in [-0.4, -0.2) is 69.5 Å². The lowest BCUT2D eigenvalue weighted by atomic mass is 10.0. The Kier molecular flexibility index (Phi) is 19.8. The van der Waals surface area contributed by atoms with Crippen LogP contribution in [0.25, 0.3) is 0 Å². The van der Waals surface area contributed by atoms with Crippen molar-refractivity contribution in [3.63, 3.8) is 0 Å². The number of unbranched alkanes of at least 4 members (excludes halogenated alkanes) is 10. The fourth-order valence-electron chi connectivity index (χ4n) is 4.04. The molecule has 0 aliphatic heterocycles. The van der Waals surface area contributed by atoms with Crippen LogP contribution in [0.2, 0.25) is 0 Å². The smallest absolute Gasteiger partial charge is 0.329 e. The van der Waals surface area contributed by atoms with Crippen molar-refractivity contribution in [2.45, 2.75) is 96.5 Å². The Hall–Kier alpha value is -1.24. The lowest BCUT2D eigenvalue weighted by molar-refractivity contribution is -0.870. The quantitative estimate of drug-likeness (QED) is 0.0633. The van der Waals surface area contributed by atoms with Crippen LogP contribution in [0.4, 0.5) is 0 Å². The van der Waals surface area contributed by atoms with E-state index >= 15 is 0 Å². The highest BCUT2D eigenvalue weighted by atomic mass is 31.2. The van der Waals surface area contributed by atoms with Gasteiger partial charge in [-0.25, -0.2) is 0 Å². The zero-order valence-corrected chi connectivity index (χ0v) is 24.8. The van der Waals surface area contributed by atoms with E-state index in [9.17, 15) is 9.69 Å². The van der Waals surface area contributed by atoms with E-state index in [-0.39, 0.29) is 13.2 Å². The van der Waals surface area contributed by atoms with Crippen molar-refractivity contribution in [2.24, 2.45) is 0 Å². The average Bonchev–Trinajstić information content (AvgIpc) is 2.86. The third-order valence-corrected chi connectivity index (χ3v) is 6.97. The second-order valence-corrected chi connectivity index (χ2v) is 11.8.